The van der Waals surface area contributed by atoms with E-state index in [2.05, 4.69) is 10.4 Å². The monoisotopic (exact) mass is 435 g/mol. The summed E-state index contributed by atoms with van der Waals surface area (Å²) in [6.45, 7) is -0.444. The van der Waals surface area contributed by atoms with E-state index in [1.165, 1.54) is 32.4 Å². The standard InChI is InChI=1S/C21H17N5O6/c1-31-15-4-7-19(32-2)16(10-15)18-6-8-21(28)25(24-18)12-20(27)23-17-5-3-14(26(29)30)9-13(17)11-22/h3-10H,12H2,1-2H3,(H,23,27). The number of nitro benzene ring substituents is 1. The van der Waals surface area contributed by atoms with Crippen LogP contribution >= 0.6 is 0 Å². The third-order valence-electron chi connectivity index (χ3n) is 4.45. The summed E-state index contributed by atoms with van der Waals surface area (Å²) < 4.78 is 11.5. The van der Waals surface area contributed by atoms with Crippen molar-refractivity contribution in [2.24, 2.45) is 0 Å². The molecule has 0 bridgehead atoms. The quantitative estimate of drug-likeness (QED) is 0.439. The number of carbonyl (C=O) groups is 1. The molecular weight excluding hydrogens is 418 g/mol. The van der Waals surface area contributed by atoms with Crippen LogP contribution in [-0.4, -0.2) is 34.8 Å². The Hall–Kier alpha value is -4.72. The number of hydrogen-bond acceptors (Lipinski definition) is 8. The van der Waals surface area contributed by atoms with E-state index in [0.717, 1.165) is 16.8 Å². The number of aromatic nitrogens is 2. The Balaban J connectivity index is 1.88. The fourth-order valence-electron chi connectivity index (χ4n) is 2.89. The summed E-state index contributed by atoms with van der Waals surface area (Å²) in [5, 5.41) is 26.8. The molecule has 1 aromatic heterocycles. The van der Waals surface area contributed by atoms with Crippen molar-refractivity contribution in [3.63, 3.8) is 0 Å². The number of nitrogens with zero attached hydrogens (tertiary/aromatic N) is 4. The van der Waals surface area contributed by atoms with Gasteiger partial charge in [0, 0.05) is 23.8 Å². The van der Waals surface area contributed by atoms with Crippen LogP contribution in [0.4, 0.5) is 11.4 Å². The second-order valence-corrected chi connectivity index (χ2v) is 6.43. The number of nitro groups is 1. The highest BCUT2D eigenvalue weighted by molar-refractivity contribution is 5.92. The van der Waals surface area contributed by atoms with Crippen molar-refractivity contribution in [3.05, 3.63) is 74.6 Å². The fraction of sp³-hybridized carbons (Fsp3) is 0.143. The smallest absolute Gasteiger partial charge is 0.270 e. The molecule has 0 fully saturated rings. The third kappa shape index (κ3) is 4.71. The molecule has 3 rings (SSSR count). The van der Waals surface area contributed by atoms with Crippen LogP contribution in [0, 0.1) is 21.4 Å². The lowest BCUT2D eigenvalue weighted by molar-refractivity contribution is -0.384. The highest BCUT2D eigenvalue weighted by Gasteiger charge is 2.15. The number of ether oxygens (including phenoxy) is 2. The van der Waals surface area contributed by atoms with Gasteiger partial charge in [0.1, 0.15) is 24.1 Å². The summed E-state index contributed by atoms with van der Waals surface area (Å²) >= 11 is 0. The van der Waals surface area contributed by atoms with Gasteiger partial charge in [-0.3, -0.25) is 19.7 Å². The van der Waals surface area contributed by atoms with Crippen molar-refractivity contribution in [1.29, 1.82) is 5.26 Å². The second kappa shape index (κ2) is 9.40. The highest BCUT2D eigenvalue weighted by atomic mass is 16.6. The summed E-state index contributed by atoms with van der Waals surface area (Å²) in [5.74, 6) is 0.414. The van der Waals surface area contributed by atoms with Crippen LogP contribution in [0.15, 0.2) is 53.3 Å². The van der Waals surface area contributed by atoms with Crippen molar-refractivity contribution >= 4 is 17.3 Å². The van der Waals surface area contributed by atoms with Crippen LogP contribution in [0.3, 0.4) is 0 Å². The molecule has 11 nitrogen and oxygen atoms in total. The Kier molecular flexibility index (Phi) is 6.45. The number of anilines is 1. The van der Waals surface area contributed by atoms with E-state index in [4.69, 9.17) is 9.47 Å². The molecule has 0 aliphatic heterocycles. The summed E-state index contributed by atoms with van der Waals surface area (Å²) in [6.07, 6.45) is 0. The Morgan fingerprint density at radius 1 is 1.19 bits per heavy atom. The van der Waals surface area contributed by atoms with Crippen molar-refractivity contribution in [2.45, 2.75) is 6.54 Å². The Morgan fingerprint density at radius 2 is 1.97 bits per heavy atom. The maximum Gasteiger partial charge on any atom is 0.270 e. The maximum atomic E-state index is 12.5. The molecule has 0 atom stereocenters. The number of nitriles is 1. The van der Waals surface area contributed by atoms with Crippen molar-refractivity contribution in [1.82, 2.24) is 9.78 Å². The van der Waals surface area contributed by atoms with Crippen LogP contribution in [0.5, 0.6) is 11.5 Å². The average Bonchev–Trinajstić information content (AvgIpc) is 2.80. The molecule has 0 unspecified atom stereocenters. The van der Waals surface area contributed by atoms with Crippen molar-refractivity contribution in [2.75, 3.05) is 19.5 Å². The minimum absolute atomic E-state index is 0.0808. The van der Waals surface area contributed by atoms with Gasteiger partial charge < -0.3 is 14.8 Å². The summed E-state index contributed by atoms with van der Waals surface area (Å²) in [7, 11) is 3.00. The molecule has 2 aromatic carbocycles. The predicted molar refractivity (Wildman–Crippen MR) is 113 cm³/mol. The van der Waals surface area contributed by atoms with E-state index < -0.39 is 22.9 Å². The number of amides is 1. The number of rotatable bonds is 7. The number of methoxy groups -OCH3 is 2. The minimum atomic E-state index is -0.645. The lowest BCUT2D eigenvalue weighted by Crippen LogP contribution is -2.29. The molecule has 0 radical (unpaired) electrons. The van der Waals surface area contributed by atoms with E-state index >= 15 is 0 Å². The molecule has 1 heterocycles. The number of nitrogens with one attached hydrogen (secondary N) is 1. The van der Waals surface area contributed by atoms with Crippen LogP contribution in [0.2, 0.25) is 0 Å². The van der Waals surface area contributed by atoms with Crippen molar-refractivity contribution in [3.8, 4) is 28.8 Å². The molecule has 1 amide bonds. The zero-order chi connectivity index (χ0) is 23.3. The molecule has 32 heavy (non-hydrogen) atoms. The first-order valence-electron chi connectivity index (χ1n) is 9.15. The van der Waals surface area contributed by atoms with Gasteiger partial charge in [-0.05, 0) is 30.3 Å². The largest absolute Gasteiger partial charge is 0.497 e. The van der Waals surface area contributed by atoms with E-state index in [0.29, 0.717) is 22.8 Å². The molecule has 0 aliphatic rings. The number of hydrogen-bond donors (Lipinski definition) is 1. The van der Waals surface area contributed by atoms with Gasteiger partial charge in [0.05, 0.1) is 36.1 Å². The molecule has 1 N–H and O–H groups in total. The van der Waals surface area contributed by atoms with Gasteiger partial charge in [-0.2, -0.15) is 10.4 Å². The highest BCUT2D eigenvalue weighted by Crippen LogP contribution is 2.31. The number of non-ortho nitro benzene ring substituents is 1. The van der Waals surface area contributed by atoms with Crippen LogP contribution in [0.1, 0.15) is 5.56 Å². The van der Waals surface area contributed by atoms with Crippen LogP contribution in [-0.2, 0) is 11.3 Å². The van der Waals surface area contributed by atoms with Crippen LogP contribution in [0.25, 0.3) is 11.3 Å². The first-order valence-corrected chi connectivity index (χ1v) is 9.15. The summed E-state index contributed by atoms with van der Waals surface area (Å²) in [5.41, 5.74) is 0.140. The SMILES string of the molecule is COc1ccc(OC)c(-c2ccc(=O)n(CC(=O)Nc3ccc([N+](=O)[O-])cc3C#N)n2)c1. The Bertz CT molecular complexity index is 1290. The Labute approximate surface area is 181 Å². The van der Waals surface area contributed by atoms with E-state index in [-0.39, 0.29) is 16.9 Å². The minimum Gasteiger partial charge on any atom is -0.497 e. The molecule has 3 aromatic rings. The van der Waals surface area contributed by atoms with Gasteiger partial charge in [-0.25, -0.2) is 4.68 Å². The zero-order valence-corrected chi connectivity index (χ0v) is 17.1. The lowest BCUT2D eigenvalue weighted by Gasteiger charge is -2.12. The van der Waals surface area contributed by atoms with Gasteiger partial charge in [-0.1, -0.05) is 0 Å². The summed E-state index contributed by atoms with van der Waals surface area (Å²) in [4.78, 5) is 35.0. The maximum absolute atomic E-state index is 12.5. The average molecular weight is 435 g/mol. The molecule has 0 spiro atoms. The van der Waals surface area contributed by atoms with Gasteiger partial charge in [0.2, 0.25) is 5.91 Å². The Morgan fingerprint density at radius 3 is 2.62 bits per heavy atom. The van der Waals surface area contributed by atoms with Gasteiger partial charge in [0.25, 0.3) is 11.2 Å². The second-order valence-electron chi connectivity index (χ2n) is 6.43. The lowest BCUT2D eigenvalue weighted by atomic mass is 10.1. The number of benzene rings is 2. The number of carbonyl (C=O) groups excluding carboxylic acids is 1. The zero-order valence-electron chi connectivity index (χ0n) is 17.1. The molecule has 0 aliphatic carbocycles. The predicted octanol–water partition coefficient (Wildman–Crippen LogP) is 2.35. The first kappa shape index (κ1) is 22.0. The van der Waals surface area contributed by atoms with Crippen LogP contribution < -0.4 is 20.3 Å². The van der Waals surface area contributed by atoms with Gasteiger partial charge in [0.15, 0.2) is 0 Å². The molecule has 11 heteroatoms. The topological polar surface area (TPSA) is 149 Å². The van der Waals surface area contributed by atoms with Gasteiger partial charge >= 0.3 is 0 Å². The normalized spacial score (nSPS) is 10.2. The molecular formula is C21H17N5O6. The molecule has 162 valence electrons. The summed E-state index contributed by atoms with van der Waals surface area (Å²) in [6, 6.07) is 13.1. The fourth-order valence-corrected chi connectivity index (χ4v) is 2.89. The van der Waals surface area contributed by atoms with E-state index in [1.807, 2.05) is 0 Å². The van der Waals surface area contributed by atoms with Crippen molar-refractivity contribution < 1.29 is 19.2 Å². The van der Waals surface area contributed by atoms with Gasteiger partial charge in [-0.15, -0.1) is 0 Å². The van der Waals surface area contributed by atoms with E-state index in [1.54, 1.807) is 24.3 Å². The third-order valence-corrected chi connectivity index (χ3v) is 4.45. The molecule has 0 saturated carbocycles. The molecule has 0 saturated heterocycles. The first-order chi connectivity index (χ1) is 15.4. The van der Waals surface area contributed by atoms with E-state index in [9.17, 15) is 25.0 Å².